The molecule has 0 saturated carbocycles. The fraction of sp³-hybridized carbons (Fsp3) is 0.222. The van der Waals surface area contributed by atoms with Gasteiger partial charge < -0.3 is 10.2 Å². The summed E-state index contributed by atoms with van der Waals surface area (Å²) in [5, 5.41) is 0.774. The molecule has 2 N–H and O–H groups in total. The van der Waals surface area contributed by atoms with Crippen molar-refractivity contribution in [3.05, 3.63) is 71.2 Å². The minimum absolute atomic E-state index is 0.159. The molecule has 1 aliphatic carbocycles. The second-order valence-electron chi connectivity index (χ2n) is 5.79. The van der Waals surface area contributed by atoms with Gasteiger partial charge in [0.15, 0.2) is 0 Å². The van der Waals surface area contributed by atoms with Gasteiger partial charge in [0.2, 0.25) is 0 Å². The van der Waals surface area contributed by atoms with Crippen LogP contribution in [0.1, 0.15) is 22.9 Å². The summed E-state index contributed by atoms with van der Waals surface area (Å²) in [6, 6.07) is 14.7. The van der Waals surface area contributed by atoms with Gasteiger partial charge in [-0.3, -0.25) is 0 Å². The molecule has 0 radical (unpaired) electrons. The topological polar surface area (TPSA) is 39.2 Å². The SMILES string of the molecule is NC(c1cc2cc(F)ccc2o1)C1Cc2ccccc2C1. The second kappa shape index (κ2) is 4.71. The number of fused-ring (bicyclic) bond motifs is 2. The van der Waals surface area contributed by atoms with E-state index < -0.39 is 0 Å². The van der Waals surface area contributed by atoms with E-state index in [0.717, 1.165) is 24.0 Å². The maximum absolute atomic E-state index is 13.3. The molecule has 21 heavy (non-hydrogen) atoms. The molecule has 0 aliphatic heterocycles. The Labute approximate surface area is 122 Å². The smallest absolute Gasteiger partial charge is 0.134 e. The highest BCUT2D eigenvalue weighted by molar-refractivity contribution is 5.78. The van der Waals surface area contributed by atoms with Crippen LogP contribution in [-0.2, 0) is 12.8 Å². The number of nitrogens with two attached hydrogens (primary N) is 1. The van der Waals surface area contributed by atoms with E-state index in [1.165, 1.54) is 23.3 Å². The Kier molecular flexibility index (Phi) is 2.82. The molecule has 0 bridgehead atoms. The lowest BCUT2D eigenvalue weighted by Gasteiger charge is -2.16. The zero-order valence-electron chi connectivity index (χ0n) is 11.6. The molecule has 1 aromatic heterocycles. The first kappa shape index (κ1) is 12.6. The number of hydrogen-bond donors (Lipinski definition) is 1. The van der Waals surface area contributed by atoms with E-state index in [0.29, 0.717) is 11.5 Å². The third-order valence-corrected chi connectivity index (χ3v) is 4.42. The van der Waals surface area contributed by atoms with Gasteiger partial charge in [0.05, 0.1) is 6.04 Å². The van der Waals surface area contributed by atoms with Crippen LogP contribution in [0.5, 0.6) is 0 Å². The summed E-state index contributed by atoms with van der Waals surface area (Å²) in [6.07, 6.45) is 1.95. The lowest BCUT2D eigenvalue weighted by Crippen LogP contribution is -2.21. The van der Waals surface area contributed by atoms with Crippen molar-refractivity contribution in [3.63, 3.8) is 0 Å². The summed E-state index contributed by atoms with van der Waals surface area (Å²) in [5.74, 6) is 0.831. The van der Waals surface area contributed by atoms with Gasteiger partial charge in [-0.15, -0.1) is 0 Å². The van der Waals surface area contributed by atoms with Crippen LogP contribution >= 0.6 is 0 Å². The lowest BCUT2D eigenvalue weighted by atomic mass is 9.95. The first-order chi connectivity index (χ1) is 10.2. The van der Waals surface area contributed by atoms with Crippen LogP contribution in [0.4, 0.5) is 4.39 Å². The third kappa shape index (κ3) is 2.14. The summed E-state index contributed by atoms with van der Waals surface area (Å²) in [7, 11) is 0. The lowest BCUT2D eigenvalue weighted by molar-refractivity contribution is 0.385. The molecule has 0 spiro atoms. The summed E-state index contributed by atoms with van der Waals surface area (Å²) in [4.78, 5) is 0. The van der Waals surface area contributed by atoms with Crippen LogP contribution in [0.15, 0.2) is 52.9 Å². The van der Waals surface area contributed by atoms with Crippen molar-refractivity contribution in [2.45, 2.75) is 18.9 Å². The molecule has 1 aliphatic rings. The van der Waals surface area contributed by atoms with Gasteiger partial charge in [0, 0.05) is 5.39 Å². The summed E-state index contributed by atoms with van der Waals surface area (Å²) >= 11 is 0. The van der Waals surface area contributed by atoms with Crippen molar-refractivity contribution in [1.82, 2.24) is 0 Å². The number of halogens is 1. The molecule has 4 rings (SSSR count). The molecule has 2 aromatic carbocycles. The predicted octanol–water partition coefficient (Wildman–Crippen LogP) is 3.99. The summed E-state index contributed by atoms with van der Waals surface area (Å²) in [6.45, 7) is 0. The molecule has 0 fully saturated rings. The van der Waals surface area contributed by atoms with Crippen LogP contribution in [0.3, 0.4) is 0 Å². The molecular weight excluding hydrogens is 265 g/mol. The van der Waals surface area contributed by atoms with Crippen molar-refractivity contribution in [3.8, 4) is 0 Å². The van der Waals surface area contributed by atoms with E-state index in [4.69, 9.17) is 10.2 Å². The van der Waals surface area contributed by atoms with Crippen LogP contribution in [-0.4, -0.2) is 0 Å². The quantitative estimate of drug-likeness (QED) is 0.771. The van der Waals surface area contributed by atoms with E-state index in [9.17, 15) is 4.39 Å². The van der Waals surface area contributed by atoms with Gasteiger partial charge in [-0.2, -0.15) is 0 Å². The zero-order valence-corrected chi connectivity index (χ0v) is 11.6. The molecule has 3 heteroatoms. The standard InChI is InChI=1S/C18H16FNO/c19-15-5-6-16-13(9-15)10-17(21-16)18(20)14-7-11-3-1-2-4-12(11)8-14/h1-6,9-10,14,18H,7-8,20H2. The van der Waals surface area contributed by atoms with Crippen molar-refractivity contribution in [2.24, 2.45) is 11.7 Å². The van der Waals surface area contributed by atoms with Gasteiger partial charge in [-0.05, 0) is 54.2 Å². The monoisotopic (exact) mass is 281 g/mol. The van der Waals surface area contributed by atoms with E-state index in [2.05, 4.69) is 24.3 Å². The normalized spacial score (nSPS) is 16.3. The predicted molar refractivity (Wildman–Crippen MR) is 80.4 cm³/mol. The van der Waals surface area contributed by atoms with Crippen molar-refractivity contribution in [2.75, 3.05) is 0 Å². The Bertz CT molecular complexity index is 783. The molecule has 106 valence electrons. The van der Waals surface area contributed by atoms with Crippen LogP contribution in [0.25, 0.3) is 11.0 Å². The van der Waals surface area contributed by atoms with E-state index in [-0.39, 0.29) is 11.9 Å². The Morgan fingerprint density at radius 3 is 2.48 bits per heavy atom. The largest absolute Gasteiger partial charge is 0.459 e. The minimum atomic E-state index is -0.253. The van der Waals surface area contributed by atoms with Crippen LogP contribution in [0.2, 0.25) is 0 Å². The number of hydrogen-bond acceptors (Lipinski definition) is 2. The summed E-state index contributed by atoms with van der Waals surface area (Å²) < 4.78 is 19.1. The average Bonchev–Trinajstić information content (AvgIpc) is 3.09. The molecule has 3 aromatic rings. The number of furan rings is 1. The first-order valence-electron chi connectivity index (χ1n) is 7.22. The Balaban J connectivity index is 1.64. The van der Waals surface area contributed by atoms with E-state index in [1.54, 1.807) is 6.07 Å². The molecule has 1 heterocycles. The van der Waals surface area contributed by atoms with E-state index in [1.807, 2.05) is 6.07 Å². The van der Waals surface area contributed by atoms with E-state index >= 15 is 0 Å². The zero-order chi connectivity index (χ0) is 14.4. The summed E-state index contributed by atoms with van der Waals surface area (Å²) in [5.41, 5.74) is 9.84. The first-order valence-corrected chi connectivity index (χ1v) is 7.22. The van der Waals surface area contributed by atoms with Crippen molar-refractivity contribution < 1.29 is 8.81 Å². The second-order valence-corrected chi connectivity index (χ2v) is 5.79. The van der Waals surface area contributed by atoms with Gasteiger partial charge >= 0.3 is 0 Å². The molecular formula is C18H16FNO. The number of rotatable bonds is 2. The van der Waals surface area contributed by atoms with Gasteiger partial charge in [0.1, 0.15) is 17.2 Å². The van der Waals surface area contributed by atoms with Crippen LogP contribution in [0, 0.1) is 11.7 Å². The fourth-order valence-corrected chi connectivity index (χ4v) is 3.28. The van der Waals surface area contributed by atoms with Crippen LogP contribution < -0.4 is 5.73 Å². The minimum Gasteiger partial charge on any atom is -0.459 e. The maximum atomic E-state index is 13.3. The van der Waals surface area contributed by atoms with Crippen molar-refractivity contribution in [1.29, 1.82) is 0 Å². The Hall–Kier alpha value is -2.13. The highest BCUT2D eigenvalue weighted by atomic mass is 19.1. The third-order valence-electron chi connectivity index (χ3n) is 4.42. The number of benzene rings is 2. The fourth-order valence-electron chi connectivity index (χ4n) is 3.28. The maximum Gasteiger partial charge on any atom is 0.134 e. The van der Waals surface area contributed by atoms with Crippen molar-refractivity contribution >= 4 is 11.0 Å². The Morgan fingerprint density at radius 2 is 1.76 bits per heavy atom. The van der Waals surface area contributed by atoms with Gasteiger partial charge in [-0.25, -0.2) is 4.39 Å². The molecule has 0 amide bonds. The highest BCUT2D eigenvalue weighted by Gasteiger charge is 2.29. The molecule has 2 nitrogen and oxygen atoms in total. The average molecular weight is 281 g/mol. The molecule has 1 unspecified atom stereocenters. The van der Waals surface area contributed by atoms with Gasteiger partial charge in [0.25, 0.3) is 0 Å². The molecule has 0 saturated heterocycles. The highest BCUT2D eigenvalue weighted by Crippen LogP contribution is 2.35. The Morgan fingerprint density at radius 1 is 1.05 bits per heavy atom. The molecule has 1 atom stereocenters. The van der Waals surface area contributed by atoms with Gasteiger partial charge in [-0.1, -0.05) is 24.3 Å².